The van der Waals surface area contributed by atoms with Crippen molar-refractivity contribution in [2.75, 3.05) is 24.5 Å². The fourth-order valence-electron chi connectivity index (χ4n) is 2.87. The third-order valence-electron chi connectivity index (χ3n) is 4.07. The number of hydrogen-bond acceptors (Lipinski definition) is 4. The topological polar surface area (TPSA) is 41.0 Å². The van der Waals surface area contributed by atoms with Crippen LogP contribution in [0.4, 0.5) is 5.82 Å². The molecule has 1 saturated heterocycles. The minimum absolute atomic E-state index is 0.819. The minimum atomic E-state index is 0.819. The lowest BCUT2D eigenvalue weighted by Crippen LogP contribution is -2.34. The van der Waals surface area contributed by atoms with Gasteiger partial charge in [0, 0.05) is 19.6 Å². The van der Waals surface area contributed by atoms with Crippen LogP contribution >= 0.6 is 0 Å². The zero-order valence-corrected chi connectivity index (χ0v) is 12.9. The Morgan fingerprint density at radius 1 is 1.15 bits per heavy atom. The largest absolute Gasteiger partial charge is 0.355 e. The molecule has 0 spiro atoms. The Labute approximate surface area is 123 Å². The van der Waals surface area contributed by atoms with Gasteiger partial charge in [-0.25, -0.2) is 0 Å². The van der Waals surface area contributed by atoms with Crippen molar-refractivity contribution in [2.45, 2.75) is 52.5 Å². The Balaban J connectivity index is 1.81. The molecular formula is C16H28N4. The molecule has 0 bridgehead atoms. The van der Waals surface area contributed by atoms with Gasteiger partial charge in [0.2, 0.25) is 0 Å². The quantitative estimate of drug-likeness (QED) is 0.777. The van der Waals surface area contributed by atoms with Crippen LogP contribution < -0.4 is 10.2 Å². The second kappa shape index (κ2) is 8.20. The standard InChI is InChI=1S/C16H28N4/c1-3-5-14-8-11-20(12-9-14)16-7-6-15(18-19-16)13-17-10-4-2/h6-7,14,17H,3-5,8-13H2,1-2H3. The van der Waals surface area contributed by atoms with E-state index in [1.165, 1.54) is 25.7 Å². The lowest BCUT2D eigenvalue weighted by molar-refractivity contribution is 0.377. The summed E-state index contributed by atoms with van der Waals surface area (Å²) in [6.45, 7) is 8.57. The summed E-state index contributed by atoms with van der Waals surface area (Å²) in [5.74, 6) is 1.96. The van der Waals surface area contributed by atoms with E-state index in [9.17, 15) is 0 Å². The van der Waals surface area contributed by atoms with Crippen LogP contribution in [0.3, 0.4) is 0 Å². The Morgan fingerprint density at radius 2 is 1.95 bits per heavy atom. The van der Waals surface area contributed by atoms with Gasteiger partial charge in [0.25, 0.3) is 0 Å². The number of nitrogens with zero attached hydrogens (tertiary/aromatic N) is 3. The molecule has 0 amide bonds. The fraction of sp³-hybridized carbons (Fsp3) is 0.750. The van der Waals surface area contributed by atoms with Crippen molar-refractivity contribution >= 4 is 5.82 Å². The summed E-state index contributed by atoms with van der Waals surface area (Å²) in [7, 11) is 0. The molecule has 1 N–H and O–H groups in total. The molecule has 20 heavy (non-hydrogen) atoms. The van der Waals surface area contributed by atoms with Crippen LogP contribution in [0.5, 0.6) is 0 Å². The molecule has 0 radical (unpaired) electrons. The molecule has 0 atom stereocenters. The molecule has 4 nitrogen and oxygen atoms in total. The lowest BCUT2D eigenvalue weighted by atomic mass is 9.92. The molecule has 112 valence electrons. The fourth-order valence-corrected chi connectivity index (χ4v) is 2.87. The highest BCUT2D eigenvalue weighted by Gasteiger charge is 2.19. The van der Waals surface area contributed by atoms with Gasteiger partial charge in [0.1, 0.15) is 0 Å². The minimum Gasteiger partial charge on any atom is -0.355 e. The Morgan fingerprint density at radius 3 is 2.55 bits per heavy atom. The molecule has 2 heterocycles. The van der Waals surface area contributed by atoms with Gasteiger partial charge >= 0.3 is 0 Å². The Hall–Kier alpha value is -1.16. The summed E-state index contributed by atoms with van der Waals surface area (Å²) in [5, 5.41) is 12.1. The van der Waals surface area contributed by atoms with E-state index in [4.69, 9.17) is 0 Å². The van der Waals surface area contributed by atoms with Crippen molar-refractivity contribution in [2.24, 2.45) is 5.92 Å². The van der Waals surface area contributed by atoms with Crippen molar-refractivity contribution in [1.29, 1.82) is 0 Å². The van der Waals surface area contributed by atoms with Crippen LogP contribution in [0.1, 0.15) is 51.6 Å². The van der Waals surface area contributed by atoms with Crippen molar-refractivity contribution in [3.63, 3.8) is 0 Å². The molecular weight excluding hydrogens is 248 g/mol. The molecule has 0 unspecified atom stereocenters. The smallest absolute Gasteiger partial charge is 0.151 e. The summed E-state index contributed by atoms with van der Waals surface area (Å²) < 4.78 is 0. The molecule has 0 aliphatic carbocycles. The Kier molecular flexibility index (Phi) is 6.25. The third-order valence-corrected chi connectivity index (χ3v) is 4.07. The molecule has 2 rings (SSSR count). The summed E-state index contributed by atoms with van der Waals surface area (Å²) in [6, 6.07) is 4.22. The van der Waals surface area contributed by atoms with E-state index in [1.807, 2.05) is 0 Å². The normalized spacial score (nSPS) is 16.6. The van der Waals surface area contributed by atoms with Crippen LogP contribution in [0.15, 0.2) is 12.1 Å². The average molecular weight is 276 g/mol. The average Bonchev–Trinajstić information content (AvgIpc) is 2.49. The van der Waals surface area contributed by atoms with E-state index in [0.717, 1.165) is 50.0 Å². The van der Waals surface area contributed by atoms with Crippen LogP contribution in [-0.4, -0.2) is 29.8 Å². The number of hydrogen-bond donors (Lipinski definition) is 1. The first-order valence-corrected chi connectivity index (χ1v) is 8.11. The van der Waals surface area contributed by atoms with Gasteiger partial charge < -0.3 is 10.2 Å². The molecule has 1 aromatic heterocycles. The first kappa shape index (κ1) is 15.2. The molecule has 1 aliphatic heterocycles. The first-order valence-electron chi connectivity index (χ1n) is 8.11. The zero-order valence-electron chi connectivity index (χ0n) is 12.9. The predicted molar refractivity (Wildman–Crippen MR) is 83.9 cm³/mol. The summed E-state index contributed by atoms with van der Waals surface area (Å²) in [5.41, 5.74) is 1.03. The third kappa shape index (κ3) is 4.44. The van der Waals surface area contributed by atoms with E-state index in [1.54, 1.807) is 0 Å². The maximum Gasteiger partial charge on any atom is 0.151 e. The van der Waals surface area contributed by atoms with E-state index < -0.39 is 0 Å². The maximum absolute atomic E-state index is 4.39. The highest BCUT2D eigenvalue weighted by molar-refractivity contribution is 5.37. The van der Waals surface area contributed by atoms with Crippen LogP contribution in [0.25, 0.3) is 0 Å². The van der Waals surface area contributed by atoms with E-state index in [0.29, 0.717) is 0 Å². The second-order valence-corrected chi connectivity index (χ2v) is 5.78. The van der Waals surface area contributed by atoms with E-state index in [-0.39, 0.29) is 0 Å². The summed E-state index contributed by atoms with van der Waals surface area (Å²) in [4.78, 5) is 2.38. The van der Waals surface area contributed by atoms with Crippen molar-refractivity contribution in [1.82, 2.24) is 15.5 Å². The van der Waals surface area contributed by atoms with Gasteiger partial charge in [-0.2, -0.15) is 5.10 Å². The second-order valence-electron chi connectivity index (χ2n) is 5.78. The van der Waals surface area contributed by atoms with Gasteiger partial charge in [-0.15, -0.1) is 5.10 Å². The van der Waals surface area contributed by atoms with Gasteiger partial charge in [-0.3, -0.25) is 0 Å². The number of anilines is 1. The van der Waals surface area contributed by atoms with Gasteiger partial charge in [-0.05, 0) is 43.9 Å². The van der Waals surface area contributed by atoms with Crippen molar-refractivity contribution < 1.29 is 0 Å². The lowest BCUT2D eigenvalue weighted by Gasteiger charge is -2.32. The highest BCUT2D eigenvalue weighted by Crippen LogP contribution is 2.24. The van der Waals surface area contributed by atoms with Crippen LogP contribution in [-0.2, 0) is 6.54 Å². The molecule has 1 aliphatic rings. The monoisotopic (exact) mass is 276 g/mol. The molecule has 0 saturated carbocycles. The van der Waals surface area contributed by atoms with Crippen LogP contribution in [0.2, 0.25) is 0 Å². The SMILES string of the molecule is CCCNCc1ccc(N2CCC(CCC)CC2)nn1. The van der Waals surface area contributed by atoms with Gasteiger partial charge in [0.05, 0.1) is 5.69 Å². The number of piperidine rings is 1. The van der Waals surface area contributed by atoms with Gasteiger partial charge in [-0.1, -0.05) is 26.7 Å². The highest BCUT2D eigenvalue weighted by atomic mass is 15.3. The number of nitrogens with one attached hydrogen (secondary N) is 1. The van der Waals surface area contributed by atoms with E-state index in [2.05, 4.69) is 46.4 Å². The molecule has 4 heteroatoms. The summed E-state index contributed by atoms with van der Waals surface area (Å²) in [6.07, 6.45) is 6.44. The Bertz CT molecular complexity index is 369. The zero-order chi connectivity index (χ0) is 14.2. The van der Waals surface area contributed by atoms with Crippen LogP contribution in [0, 0.1) is 5.92 Å². The molecule has 1 fully saturated rings. The number of rotatable bonds is 7. The number of aromatic nitrogens is 2. The summed E-state index contributed by atoms with van der Waals surface area (Å²) >= 11 is 0. The first-order chi connectivity index (χ1) is 9.83. The predicted octanol–water partition coefficient (Wildman–Crippen LogP) is 2.99. The van der Waals surface area contributed by atoms with E-state index >= 15 is 0 Å². The molecule has 1 aromatic rings. The van der Waals surface area contributed by atoms with Crippen molar-refractivity contribution in [3.8, 4) is 0 Å². The molecule has 0 aromatic carbocycles. The van der Waals surface area contributed by atoms with Crippen molar-refractivity contribution in [3.05, 3.63) is 17.8 Å². The van der Waals surface area contributed by atoms with Gasteiger partial charge in [0.15, 0.2) is 5.82 Å². The maximum atomic E-state index is 4.39.